The monoisotopic (exact) mass is 289 g/mol. The minimum atomic E-state index is -4.80. The van der Waals surface area contributed by atoms with Crippen molar-refractivity contribution in [3.63, 3.8) is 0 Å². The van der Waals surface area contributed by atoms with Gasteiger partial charge >= 0.3 is 12.4 Å². The van der Waals surface area contributed by atoms with Crippen LogP contribution in [0.4, 0.5) is 32.3 Å². The average molecular weight is 289 g/mol. The SMILES string of the molecule is CCNc1nc(OCC(F)(F)F)cc(C(F)(F)F)n1. The highest BCUT2D eigenvalue weighted by Gasteiger charge is 2.35. The number of alkyl halides is 6. The van der Waals surface area contributed by atoms with Gasteiger partial charge in [0.2, 0.25) is 11.8 Å². The average Bonchev–Trinajstić information content (AvgIpc) is 2.24. The van der Waals surface area contributed by atoms with E-state index in [1.54, 1.807) is 6.92 Å². The Hall–Kier alpha value is -1.74. The van der Waals surface area contributed by atoms with Gasteiger partial charge in [0.15, 0.2) is 12.3 Å². The fourth-order valence-electron chi connectivity index (χ4n) is 1.04. The fraction of sp³-hybridized carbons (Fsp3) is 0.556. The van der Waals surface area contributed by atoms with Crippen molar-refractivity contribution in [2.75, 3.05) is 18.5 Å². The second-order valence-electron chi connectivity index (χ2n) is 3.35. The maximum absolute atomic E-state index is 12.5. The van der Waals surface area contributed by atoms with Crippen molar-refractivity contribution in [2.45, 2.75) is 19.3 Å². The summed E-state index contributed by atoms with van der Waals surface area (Å²) in [6.07, 6.45) is -9.47. The molecule has 1 N–H and O–H groups in total. The van der Waals surface area contributed by atoms with Crippen LogP contribution in [-0.4, -0.2) is 29.3 Å². The first-order chi connectivity index (χ1) is 8.62. The van der Waals surface area contributed by atoms with Gasteiger partial charge in [-0.25, -0.2) is 4.98 Å². The minimum absolute atomic E-state index is 0.208. The van der Waals surface area contributed by atoms with Crippen LogP contribution in [0.15, 0.2) is 6.07 Å². The molecule has 1 rings (SSSR count). The Bertz CT molecular complexity index is 431. The molecule has 0 aliphatic carbocycles. The van der Waals surface area contributed by atoms with Crippen molar-refractivity contribution in [3.05, 3.63) is 11.8 Å². The molecule has 1 aromatic heterocycles. The lowest BCUT2D eigenvalue weighted by molar-refractivity contribution is -0.154. The van der Waals surface area contributed by atoms with Crippen molar-refractivity contribution < 1.29 is 31.1 Å². The van der Waals surface area contributed by atoms with Crippen molar-refractivity contribution in [1.82, 2.24) is 9.97 Å². The van der Waals surface area contributed by atoms with Crippen LogP contribution in [0.1, 0.15) is 12.6 Å². The molecule has 0 bridgehead atoms. The van der Waals surface area contributed by atoms with Crippen LogP contribution < -0.4 is 10.1 Å². The Morgan fingerprint density at radius 1 is 1.16 bits per heavy atom. The van der Waals surface area contributed by atoms with Gasteiger partial charge in [-0.2, -0.15) is 31.3 Å². The molecule has 0 aliphatic rings. The highest BCUT2D eigenvalue weighted by Crippen LogP contribution is 2.30. The number of hydrogen-bond acceptors (Lipinski definition) is 4. The molecule has 0 fully saturated rings. The molecule has 1 aromatic rings. The summed E-state index contributed by atoms with van der Waals surface area (Å²) in [7, 11) is 0. The summed E-state index contributed by atoms with van der Waals surface area (Å²) in [6.45, 7) is 0.0484. The minimum Gasteiger partial charge on any atom is -0.468 e. The molecule has 4 nitrogen and oxygen atoms in total. The Balaban J connectivity index is 3.00. The van der Waals surface area contributed by atoms with Gasteiger partial charge in [0.25, 0.3) is 0 Å². The van der Waals surface area contributed by atoms with E-state index in [0.29, 0.717) is 6.07 Å². The highest BCUT2D eigenvalue weighted by atomic mass is 19.4. The van der Waals surface area contributed by atoms with E-state index in [1.807, 2.05) is 0 Å². The number of anilines is 1. The van der Waals surface area contributed by atoms with E-state index >= 15 is 0 Å². The van der Waals surface area contributed by atoms with Crippen LogP contribution in [0.25, 0.3) is 0 Å². The zero-order valence-electron chi connectivity index (χ0n) is 9.56. The van der Waals surface area contributed by atoms with Gasteiger partial charge in [-0.05, 0) is 6.92 Å². The second-order valence-corrected chi connectivity index (χ2v) is 3.35. The normalized spacial score (nSPS) is 12.4. The van der Waals surface area contributed by atoms with Gasteiger partial charge in [-0.1, -0.05) is 0 Å². The van der Waals surface area contributed by atoms with E-state index in [-0.39, 0.29) is 6.54 Å². The molecule has 0 aliphatic heterocycles. The van der Waals surface area contributed by atoms with Crippen molar-refractivity contribution >= 4 is 5.95 Å². The Morgan fingerprint density at radius 2 is 1.79 bits per heavy atom. The third-order valence-corrected chi connectivity index (χ3v) is 1.71. The van der Waals surface area contributed by atoms with Crippen LogP contribution in [-0.2, 0) is 6.18 Å². The van der Waals surface area contributed by atoms with Crippen LogP contribution in [0.2, 0.25) is 0 Å². The van der Waals surface area contributed by atoms with Gasteiger partial charge in [-0.3, -0.25) is 0 Å². The molecule has 0 saturated carbocycles. The van der Waals surface area contributed by atoms with Crippen LogP contribution in [0.5, 0.6) is 5.88 Å². The molecule has 1 heterocycles. The molecule has 0 saturated heterocycles. The van der Waals surface area contributed by atoms with Crippen LogP contribution in [0.3, 0.4) is 0 Å². The maximum Gasteiger partial charge on any atom is 0.433 e. The Morgan fingerprint density at radius 3 is 2.26 bits per heavy atom. The lowest BCUT2D eigenvalue weighted by Gasteiger charge is -2.12. The standard InChI is InChI=1S/C9H9F6N3O/c1-2-16-7-17-5(9(13,14)15)3-6(18-7)19-4-8(10,11)12/h3H,2,4H2,1H3,(H,16,17,18). The highest BCUT2D eigenvalue weighted by molar-refractivity contribution is 5.31. The van der Waals surface area contributed by atoms with E-state index in [2.05, 4.69) is 20.0 Å². The lowest BCUT2D eigenvalue weighted by Crippen LogP contribution is -2.20. The first-order valence-corrected chi connectivity index (χ1v) is 5.01. The molecule has 0 unspecified atom stereocenters. The summed E-state index contributed by atoms with van der Waals surface area (Å²) in [5, 5.41) is 2.37. The molecule has 108 valence electrons. The molecule has 0 amide bonds. The number of rotatable bonds is 4. The molecule has 0 atom stereocenters. The van der Waals surface area contributed by atoms with E-state index in [0.717, 1.165) is 0 Å². The summed E-state index contributed by atoms with van der Waals surface area (Å²) in [5.74, 6) is -1.25. The predicted molar refractivity (Wildman–Crippen MR) is 52.7 cm³/mol. The van der Waals surface area contributed by atoms with Gasteiger partial charge in [0, 0.05) is 12.6 Å². The number of ether oxygens (including phenoxy) is 1. The van der Waals surface area contributed by atoms with Gasteiger partial charge < -0.3 is 10.1 Å². The topological polar surface area (TPSA) is 47.0 Å². The summed E-state index contributed by atoms with van der Waals surface area (Å²) in [4.78, 5) is 6.53. The number of halogens is 6. The van der Waals surface area contributed by atoms with E-state index < -0.39 is 36.5 Å². The summed E-state index contributed by atoms with van der Waals surface area (Å²) in [5.41, 5.74) is -1.38. The van der Waals surface area contributed by atoms with Crippen molar-refractivity contribution in [3.8, 4) is 5.88 Å². The third kappa shape index (κ3) is 5.18. The lowest BCUT2D eigenvalue weighted by atomic mass is 10.4. The van der Waals surface area contributed by atoms with Crippen molar-refractivity contribution in [2.24, 2.45) is 0 Å². The predicted octanol–water partition coefficient (Wildman–Crippen LogP) is 2.87. The second kappa shape index (κ2) is 5.49. The summed E-state index contributed by atoms with van der Waals surface area (Å²) in [6, 6.07) is 0.312. The summed E-state index contributed by atoms with van der Waals surface area (Å²) < 4.78 is 77.3. The molecular weight excluding hydrogens is 280 g/mol. The zero-order valence-corrected chi connectivity index (χ0v) is 9.56. The molecule has 0 radical (unpaired) electrons. The van der Waals surface area contributed by atoms with Crippen LogP contribution >= 0.6 is 0 Å². The molecule has 0 spiro atoms. The first kappa shape index (κ1) is 15.3. The summed E-state index contributed by atoms with van der Waals surface area (Å²) >= 11 is 0. The maximum atomic E-state index is 12.5. The van der Waals surface area contributed by atoms with E-state index in [4.69, 9.17) is 0 Å². The Labute approximate surface area is 103 Å². The van der Waals surface area contributed by atoms with E-state index in [1.165, 1.54) is 0 Å². The first-order valence-electron chi connectivity index (χ1n) is 5.01. The molecular formula is C9H9F6N3O. The largest absolute Gasteiger partial charge is 0.468 e. The smallest absolute Gasteiger partial charge is 0.433 e. The van der Waals surface area contributed by atoms with Crippen molar-refractivity contribution in [1.29, 1.82) is 0 Å². The number of nitrogens with zero attached hydrogens (tertiary/aromatic N) is 2. The molecule has 10 heteroatoms. The molecule has 0 aromatic carbocycles. The van der Waals surface area contributed by atoms with Gasteiger partial charge in [0.1, 0.15) is 0 Å². The molecule has 19 heavy (non-hydrogen) atoms. The number of hydrogen-bond donors (Lipinski definition) is 1. The number of nitrogens with one attached hydrogen (secondary N) is 1. The zero-order chi connectivity index (χ0) is 14.7. The quantitative estimate of drug-likeness (QED) is 0.866. The number of aromatic nitrogens is 2. The Kier molecular flexibility index (Phi) is 4.43. The fourth-order valence-corrected chi connectivity index (χ4v) is 1.04. The van der Waals surface area contributed by atoms with Gasteiger partial charge in [0.05, 0.1) is 0 Å². The van der Waals surface area contributed by atoms with Gasteiger partial charge in [-0.15, -0.1) is 0 Å². The third-order valence-electron chi connectivity index (χ3n) is 1.71. The van der Waals surface area contributed by atoms with E-state index in [9.17, 15) is 26.3 Å². The van der Waals surface area contributed by atoms with Crippen LogP contribution in [0, 0.1) is 0 Å².